The fourth-order valence-electron chi connectivity index (χ4n) is 3.31. The molecule has 2 atom stereocenters. The van der Waals surface area contributed by atoms with Crippen molar-refractivity contribution in [2.45, 2.75) is 57.7 Å². The molecule has 1 saturated carbocycles. The zero-order valence-corrected chi connectivity index (χ0v) is 15.1. The largest absolute Gasteiger partial charge is 0.391 e. The molecule has 0 saturated heterocycles. The van der Waals surface area contributed by atoms with Crippen molar-refractivity contribution in [3.05, 3.63) is 35.7 Å². The van der Waals surface area contributed by atoms with E-state index in [2.05, 4.69) is 15.5 Å². The first-order chi connectivity index (χ1) is 12.8. The number of amides is 1. The minimum absolute atomic E-state index is 0.0482. The third-order valence-electron chi connectivity index (χ3n) is 4.85. The number of nitrogens with zero attached hydrogens (tertiary/aromatic N) is 2. The summed E-state index contributed by atoms with van der Waals surface area (Å²) in [6.07, 6.45) is -2.70. The number of hydrogen-bond donors (Lipinski definition) is 1. The molecule has 146 valence electrons. The molecule has 0 unspecified atom stereocenters. The van der Waals surface area contributed by atoms with Gasteiger partial charge in [-0.15, -0.1) is 0 Å². The summed E-state index contributed by atoms with van der Waals surface area (Å²) in [7, 11) is 0. The predicted molar refractivity (Wildman–Crippen MR) is 92.7 cm³/mol. The zero-order chi connectivity index (χ0) is 19.4. The van der Waals surface area contributed by atoms with Gasteiger partial charge in [0, 0.05) is 24.4 Å². The van der Waals surface area contributed by atoms with E-state index < -0.39 is 18.1 Å². The van der Waals surface area contributed by atoms with Crippen LogP contribution in [-0.4, -0.2) is 28.3 Å². The van der Waals surface area contributed by atoms with Crippen LogP contribution >= 0.6 is 0 Å². The first-order valence-electron chi connectivity index (χ1n) is 9.07. The van der Waals surface area contributed by atoms with Crippen LogP contribution in [0.5, 0.6) is 0 Å². The Morgan fingerprint density at radius 2 is 2.00 bits per heavy atom. The summed E-state index contributed by atoms with van der Waals surface area (Å²) < 4.78 is 43.7. The van der Waals surface area contributed by atoms with E-state index in [1.807, 2.05) is 31.2 Å². The number of aryl methyl sites for hydroxylation is 2. The summed E-state index contributed by atoms with van der Waals surface area (Å²) in [6, 6.07) is 7.23. The molecule has 27 heavy (non-hydrogen) atoms. The molecule has 2 aromatic rings. The number of benzene rings is 1. The van der Waals surface area contributed by atoms with Gasteiger partial charge in [0.2, 0.25) is 17.6 Å². The number of aromatic nitrogens is 2. The van der Waals surface area contributed by atoms with Gasteiger partial charge in [0.1, 0.15) is 0 Å². The Morgan fingerprint density at radius 3 is 2.70 bits per heavy atom. The van der Waals surface area contributed by atoms with Crippen molar-refractivity contribution in [3.63, 3.8) is 0 Å². The Balaban J connectivity index is 1.49. The van der Waals surface area contributed by atoms with Crippen molar-refractivity contribution in [2.24, 2.45) is 5.92 Å². The van der Waals surface area contributed by atoms with Gasteiger partial charge in [0.15, 0.2) is 0 Å². The lowest BCUT2D eigenvalue weighted by Crippen LogP contribution is -2.41. The highest BCUT2D eigenvalue weighted by Crippen LogP contribution is 2.37. The normalized spacial score (nSPS) is 20.4. The fraction of sp³-hybridized carbons (Fsp3) is 0.526. The Morgan fingerprint density at radius 1 is 1.26 bits per heavy atom. The lowest BCUT2D eigenvalue weighted by atomic mass is 9.85. The summed E-state index contributed by atoms with van der Waals surface area (Å²) in [6.45, 7) is 1.98. The van der Waals surface area contributed by atoms with Crippen LogP contribution in [0.25, 0.3) is 11.4 Å². The maximum Gasteiger partial charge on any atom is 0.391 e. The molecule has 1 heterocycles. The lowest BCUT2D eigenvalue weighted by Gasteiger charge is -2.31. The molecule has 1 aromatic heterocycles. The molecule has 0 radical (unpaired) electrons. The van der Waals surface area contributed by atoms with Gasteiger partial charge in [-0.1, -0.05) is 41.4 Å². The van der Waals surface area contributed by atoms with E-state index in [1.165, 1.54) is 0 Å². The topological polar surface area (TPSA) is 68.0 Å². The third kappa shape index (κ3) is 5.30. The zero-order valence-electron chi connectivity index (χ0n) is 15.1. The molecule has 5 nitrogen and oxygen atoms in total. The highest BCUT2D eigenvalue weighted by atomic mass is 19.4. The van der Waals surface area contributed by atoms with E-state index in [0.717, 1.165) is 11.1 Å². The molecule has 1 N–H and O–H groups in total. The van der Waals surface area contributed by atoms with Crippen LogP contribution in [0.2, 0.25) is 0 Å². The lowest BCUT2D eigenvalue weighted by molar-refractivity contribution is -0.184. The number of hydrogen-bond acceptors (Lipinski definition) is 4. The van der Waals surface area contributed by atoms with Crippen LogP contribution in [0.4, 0.5) is 13.2 Å². The van der Waals surface area contributed by atoms with Gasteiger partial charge in [-0.3, -0.25) is 4.79 Å². The molecular weight excluding hydrogens is 359 g/mol. The molecule has 0 aliphatic heterocycles. The van der Waals surface area contributed by atoms with Gasteiger partial charge in [-0.2, -0.15) is 18.2 Å². The van der Waals surface area contributed by atoms with Crippen molar-refractivity contribution in [1.82, 2.24) is 15.5 Å². The van der Waals surface area contributed by atoms with E-state index in [0.29, 0.717) is 24.6 Å². The van der Waals surface area contributed by atoms with Gasteiger partial charge in [0.25, 0.3) is 0 Å². The van der Waals surface area contributed by atoms with Crippen LogP contribution in [-0.2, 0) is 11.2 Å². The Kier molecular flexibility index (Phi) is 5.82. The van der Waals surface area contributed by atoms with E-state index in [4.69, 9.17) is 4.52 Å². The van der Waals surface area contributed by atoms with Crippen LogP contribution in [0, 0.1) is 12.8 Å². The van der Waals surface area contributed by atoms with Crippen molar-refractivity contribution >= 4 is 5.91 Å². The second kappa shape index (κ2) is 8.10. The monoisotopic (exact) mass is 381 g/mol. The molecule has 3 rings (SSSR count). The molecule has 0 spiro atoms. The predicted octanol–water partition coefficient (Wildman–Crippen LogP) is 4.21. The Labute approximate surface area is 155 Å². The number of halogens is 3. The van der Waals surface area contributed by atoms with Crippen LogP contribution in [0.3, 0.4) is 0 Å². The van der Waals surface area contributed by atoms with Crippen molar-refractivity contribution < 1.29 is 22.5 Å². The van der Waals surface area contributed by atoms with Gasteiger partial charge >= 0.3 is 6.18 Å². The second-order valence-corrected chi connectivity index (χ2v) is 7.05. The van der Waals surface area contributed by atoms with Crippen molar-refractivity contribution in [1.29, 1.82) is 0 Å². The summed E-state index contributed by atoms with van der Waals surface area (Å²) >= 11 is 0. The standard InChI is InChI=1S/C19H22F3N3O2/c1-12-5-7-13(8-6-12)18-24-17(27-25-18)10-9-16(26)23-15-4-2-3-14(11-15)19(20,21)22/h5-8,14-15H,2-4,9-11H2,1H3,(H,23,26)/t14-,15-/m1/s1. The molecule has 8 heteroatoms. The number of carbonyl (C=O) groups is 1. The van der Waals surface area contributed by atoms with Crippen LogP contribution in [0.15, 0.2) is 28.8 Å². The van der Waals surface area contributed by atoms with Crippen molar-refractivity contribution in [2.75, 3.05) is 0 Å². The summed E-state index contributed by atoms with van der Waals surface area (Å²) in [5.41, 5.74) is 1.94. The first-order valence-corrected chi connectivity index (χ1v) is 9.07. The molecule has 1 aliphatic rings. The Hall–Kier alpha value is -2.38. The summed E-state index contributed by atoms with van der Waals surface area (Å²) in [5, 5.41) is 6.61. The first kappa shape index (κ1) is 19.4. The molecule has 1 fully saturated rings. The van der Waals surface area contributed by atoms with E-state index in [1.54, 1.807) is 0 Å². The smallest absolute Gasteiger partial charge is 0.353 e. The second-order valence-electron chi connectivity index (χ2n) is 7.05. The number of nitrogens with one attached hydrogen (secondary N) is 1. The molecular formula is C19H22F3N3O2. The fourth-order valence-corrected chi connectivity index (χ4v) is 3.31. The van der Waals surface area contributed by atoms with Crippen LogP contribution in [0.1, 0.15) is 43.6 Å². The van der Waals surface area contributed by atoms with Gasteiger partial charge < -0.3 is 9.84 Å². The molecule has 1 aromatic carbocycles. The average Bonchev–Trinajstić information content (AvgIpc) is 3.09. The van der Waals surface area contributed by atoms with Gasteiger partial charge in [0.05, 0.1) is 5.92 Å². The minimum Gasteiger partial charge on any atom is -0.353 e. The van der Waals surface area contributed by atoms with E-state index in [9.17, 15) is 18.0 Å². The molecule has 1 aliphatic carbocycles. The average molecular weight is 381 g/mol. The highest BCUT2D eigenvalue weighted by Gasteiger charge is 2.42. The van der Waals surface area contributed by atoms with Gasteiger partial charge in [-0.25, -0.2) is 0 Å². The highest BCUT2D eigenvalue weighted by molar-refractivity contribution is 5.76. The summed E-state index contributed by atoms with van der Waals surface area (Å²) in [5.74, 6) is -0.842. The number of alkyl halides is 3. The SMILES string of the molecule is Cc1ccc(-c2noc(CCC(=O)N[C@@H]3CCC[C@@H](C(F)(F)F)C3)n2)cc1. The Bertz CT molecular complexity index is 771. The third-order valence-corrected chi connectivity index (χ3v) is 4.85. The van der Waals surface area contributed by atoms with Crippen molar-refractivity contribution in [3.8, 4) is 11.4 Å². The number of carbonyl (C=O) groups excluding carboxylic acids is 1. The molecule has 0 bridgehead atoms. The number of rotatable bonds is 5. The quantitative estimate of drug-likeness (QED) is 0.842. The molecule has 1 amide bonds. The minimum atomic E-state index is -4.19. The maximum atomic E-state index is 12.8. The van der Waals surface area contributed by atoms with Crippen LogP contribution < -0.4 is 5.32 Å². The maximum absolute atomic E-state index is 12.8. The van der Waals surface area contributed by atoms with E-state index >= 15 is 0 Å². The van der Waals surface area contributed by atoms with E-state index in [-0.39, 0.29) is 31.6 Å². The van der Waals surface area contributed by atoms with Gasteiger partial charge in [-0.05, 0) is 26.2 Å². The summed E-state index contributed by atoms with van der Waals surface area (Å²) in [4.78, 5) is 16.3.